The zero-order valence-electron chi connectivity index (χ0n) is 28.4. The van der Waals surface area contributed by atoms with E-state index in [1.165, 1.54) is 16.8 Å². The number of imidazole rings is 2. The molecule has 0 saturated carbocycles. The van der Waals surface area contributed by atoms with E-state index in [9.17, 15) is 0 Å². The van der Waals surface area contributed by atoms with Crippen molar-refractivity contribution >= 4 is 29.1 Å². The minimum absolute atomic E-state index is 0. The Morgan fingerprint density at radius 3 is 1.92 bits per heavy atom. The van der Waals surface area contributed by atoms with E-state index in [1.807, 2.05) is 12.1 Å². The standard InChI is InChI=1S/C43H37N5S.Pt/c1-29(2)38-22-13-23-39(30(3)4)42(38)47-28-40-31-14-11-20-36(24-31)49-37-21-12-19-35(26-37)48(34-17-9-6-10-18-34)43-44-32(25-41(47)45-40)27-46(43)33-15-7-5-8-16-33;/h5-23,27-30H,25H2,1-4H3;/q-2;+2. The van der Waals surface area contributed by atoms with Gasteiger partial charge in [0.05, 0.1) is 11.4 Å². The summed E-state index contributed by atoms with van der Waals surface area (Å²) in [6.07, 6.45) is 4.90. The average Bonchev–Trinajstić information content (AvgIpc) is 3.73. The van der Waals surface area contributed by atoms with Gasteiger partial charge in [0.15, 0.2) is 0 Å². The van der Waals surface area contributed by atoms with Crippen LogP contribution >= 0.6 is 11.8 Å². The van der Waals surface area contributed by atoms with E-state index in [-0.39, 0.29) is 21.1 Å². The van der Waals surface area contributed by atoms with Crippen molar-refractivity contribution in [2.24, 2.45) is 0 Å². The molecule has 8 rings (SSSR count). The molecule has 7 heteroatoms. The Morgan fingerprint density at radius 1 is 0.620 bits per heavy atom. The maximum absolute atomic E-state index is 5.42. The molecule has 1 aliphatic heterocycles. The van der Waals surface area contributed by atoms with Crippen molar-refractivity contribution in [3.05, 3.63) is 162 Å². The molecule has 0 N–H and O–H groups in total. The van der Waals surface area contributed by atoms with Crippen molar-refractivity contribution in [1.82, 2.24) is 19.1 Å². The minimum atomic E-state index is 0. The second-order valence-electron chi connectivity index (χ2n) is 13.0. The summed E-state index contributed by atoms with van der Waals surface area (Å²) < 4.78 is 4.51. The number of benzene rings is 5. The number of fused-ring (bicyclic) bond motifs is 9. The fourth-order valence-corrected chi connectivity index (χ4v) is 7.45. The SMILES string of the molecule is CC(C)c1cccc(C(C)C)c1-n1cc2nc1Cc1cn(-c3ccccc3)c(n1)N(c1ccccc1)c1[c-]c(ccc1)Sc1[c-]c-2ccc1.[Pt+2]. The molecule has 0 saturated heterocycles. The maximum atomic E-state index is 5.42. The Morgan fingerprint density at radius 2 is 1.24 bits per heavy atom. The zero-order valence-corrected chi connectivity index (χ0v) is 31.5. The molecule has 0 fully saturated rings. The fraction of sp³-hybridized carbons (Fsp3) is 0.163. The van der Waals surface area contributed by atoms with Crippen LogP contribution in [0.2, 0.25) is 0 Å². The van der Waals surface area contributed by atoms with Crippen LogP contribution in [0.15, 0.2) is 137 Å². The molecule has 0 aliphatic carbocycles. The normalized spacial score (nSPS) is 12.4. The topological polar surface area (TPSA) is 38.9 Å². The number of nitrogens with zero attached hydrogens (tertiary/aromatic N) is 5. The number of hydrogen-bond acceptors (Lipinski definition) is 4. The summed E-state index contributed by atoms with van der Waals surface area (Å²) in [6.45, 7) is 9.08. The van der Waals surface area contributed by atoms with Crippen LogP contribution < -0.4 is 4.90 Å². The third-order valence-corrected chi connectivity index (χ3v) is 9.86. The van der Waals surface area contributed by atoms with Gasteiger partial charge in [-0.1, -0.05) is 92.9 Å². The van der Waals surface area contributed by atoms with E-state index in [0.717, 1.165) is 55.6 Å². The predicted octanol–water partition coefficient (Wildman–Crippen LogP) is 11.1. The van der Waals surface area contributed by atoms with Crippen molar-refractivity contribution in [3.8, 4) is 22.6 Å². The second kappa shape index (κ2) is 14.3. The van der Waals surface area contributed by atoms with E-state index in [4.69, 9.17) is 9.97 Å². The van der Waals surface area contributed by atoms with Gasteiger partial charge in [0.2, 0.25) is 5.95 Å². The van der Waals surface area contributed by atoms with Crippen LogP contribution in [0, 0.1) is 12.1 Å². The molecule has 50 heavy (non-hydrogen) atoms. The summed E-state index contributed by atoms with van der Waals surface area (Å²) in [7, 11) is 0. The number of hydrogen-bond donors (Lipinski definition) is 0. The molecule has 0 atom stereocenters. The third kappa shape index (κ3) is 6.50. The Bertz CT molecular complexity index is 2230. The van der Waals surface area contributed by atoms with Gasteiger partial charge >= 0.3 is 21.1 Å². The zero-order chi connectivity index (χ0) is 33.5. The first-order valence-electron chi connectivity index (χ1n) is 16.9. The molecule has 0 spiro atoms. The van der Waals surface area contributed by atoms with Crippen molar-refractivity contribution in [2.75, 3.05) is 4.90 Å². The van der Waals surface area contributed by atoms with E-state index >= 15 is 0 Å². The molecule has 3 heterocycles. The van der Waals surface area contributed by atoms with Gasteiger partial charge in [-0.05, 0) is 53.4 Å². The first-order chi connectivity index (χ1) is 23.9. The summed E-state index contributed by atoms with van der Waals surface area (Å²) in [4.78, 5) is 15.0. The number of aromatic nitrogens is 4. The molecule has 5 nitrogen and oxygen atoms in total. The van der Waals surface area contributed by atoms with Crippen molar-refractivity contribution in [3.63, 3.8) is 0 Å². The Labute approximate surface area is 313 Å². The van der Waals surface area contributed by atoms with Gasteiger partial charge in [-0.25, -0.2) is 4.98 Å². The molecule has 1 aliphatic rings. The second-order valence-corrected chi connectivity index (χ2v) is 14.1. The van der Waals surface area contributed by atoms with E-state index in [0.29, 0.717) is 18.3 Å². The third-order valence-electron chi connectivity index (χ3n) is 8.95. The van der Waals surface area contributed by atoms with Crippen molar-refractivity contribution < 1.29 is 21.1 Å². The molecular weight excluding hydrogens is 814 g/mol. The summed E-state index contributed by atoms with van der Waals surface area (Å²) in [5, 5.41) is 0. The molecule has 2 aromatic heterocycles. The summed E-state index contributed by atoms with van der Waals surface area (Å²) in [5.41, 5.74) is 9.55. The molecule has 8 bridgehead atoms. The maximum Gasteiger partial charge on any atom is 2.00 e. The molecule has 0 unspecified atom stereocenters. The van der Waals surface area contributed by atoms with Crippen LogP contribution in [-0.4, -0.2) is 19.1 Å². The summed E-state index contributed by atoms with van der Waals surface area (Å²) in [6, 6.07) is 47.6. The summed E-state index contributed by atoms with van der Waals surface area (Å²) >= 11 is 1.65. The smallest absolute Gasteiger partial charge is 0.312 e. The van der Waals surface area contributed by atoms with Crippen LogP contribution in [0.5, 0.6) is 0 Å². The largest absolute Gasteiger partial charge is 2.00 e. The van der Waals surface area contributed by atoms with E-state index < -0.39 is 0 Å². The minimum Gasteiger partial charge on any atom is -0.312 e. The van der Waals surface area contributed by atoms with Crippen molar-refractivity contribution in [1.29, 1.82) is 0 Å². The molecule has 0 amide bonds. The molecule has 5 aromatic carbocycles. The molecule has 7 aromatic rings. The fourth-order valence-electron chi connectivity index (χ4n) is 6.60. The van der Waals surface area contributed by atoms with Crippen LogP contribution in [0.1, 0.15) is 62.2 Å². The number of anilines is 3. The quantitative estimate of drug-likeness (QED) is 0.162. The molecule has 250 valence electrons. The predicted molar refractivity (Wildman–Crippen MR) is 200 cm³/mol. The van der Waals surface area contributed by atoms with Gasteiger partial charge in [0.1, 0.15) is 5.82 Å². The number of para-hydroxylation sites is 3. The summed E-state index contributed by atoms with van der Waals surface area (Å²) in [5.74, 6) is 2.40. The molecule has 0 radical (unpaired) electrons. The molecular formula is C43H37N5PtS. The average molecular weight is 851 g/mol. The van der Waals surface area contributed by atoms with Gasteiger partial charge in [-0.2, -0.15) is 12.1 Å². The van der Waals surface area contributed by atoms with Gasteiger partial charge in [0.25, 0.3) is 0 Å². The van der Waals surface area contributed by atoms with Crippen molar-refractivity contribution in [2.45, 2.75) is 55.7 Å². The van der Waals surface area contributed by atoms with Gasteiger partial charge in [-0.3, -0.25) is 9.55 Å². The van der Waals surface area contributed by atoms with E-state index in [2.05, 4.69) is 169 Å². The number of rotatable bonds is 5. The Balaban J connectivity index is 0.00000392. The van der Waals surface area contributed by atoms with Crippen LogP contribution in [-0.2, 0) is 27.5 Å². The van der Waals surface area contributed by atoms with Gasteiger partial charge in [0, 0.05) is 29.7 Å². The van der Waals surface area contributed by atoms with Crippen LogP contribution in [0.25, 0.3) is 22.6 Å². The van der Waals surface area contributed by atoms with E-state index in [1.54, 1.807) is 11.8 Å². The Hall–Kier alpha value is -4.64. The van der Waals surface area contributed by atoms with Gasteiger partial charge < -0.3 is 9.47 Å². The Kier molecular flexibility index (Phi) is 9.68. The monoisotopic (exact) mass is 850 g/mol. The van der Waals surface area contributed by atoms with Gasteiger partial charge in [-0.15, -0.1) is 58.6 Å². The van der Waals surface area contributed by atoms with Crippen LogP contribution in [0.3, 0.4) is 0 Å². The first-order valence-corrected chi connectivity index (χ1v) is 17.7. The van der Waals surface area contributed by atoms with Crippen LogP contribution in [0.4, 0.5) is 17.3 Å². The first kappa shape index (κ1) is 33.8.